The van der Waals surface area contributed by atoms with Gasteiger partial charge in [0.05, 0.1) is 22.9 Å². The number of fused-ring (bicyclic) bond motifs is 1. The molecular weight excluding hydrogens is 456 g/mol. The van der Waals surface area contributed by atoms with Crippen molar-refractivity contribution in [2.75, 3.05) is 16.9 Å². The van der Waals surface area contributed by atoms with Crippen LogP contribution in [0, 0.1) is 38.3 Å². The Morgan fingerprint density at radius 3 is 2.71 bits per heavy atom. The maximum absolute atomic E-state index is 14.1. The van der Waals surface area contributed by atoms with Gasteiger partial charge in [-0.15, -0.1) is 0 Å². The number of hydrogen-bond donors (Lipinski definition) is 4. The number of amides is 2. The molecule has 3 aromatic rings. The summed E-state index contributed by atoms with van der Waals surface area (Å²) in [5.41, 5.74) is 6.75. The number of carbonyl (C=O) groups excluding carboxylic acids is 2. The minimum atomic E-state index is -0.974. The van der Waals surface area contributed by atoms with Crippen LogP contribution in [0.1, 0.15) is 33.5 Å². The van der Waals surface area contributed by atoms with Crippen molar-refractivity contribution < 1.29 is 18.4 Å². The van der Waals surface area contributed by atoms with Crippen LogP contribution in [0.5, 0.6) is 0 Å². The third-order valence-electron chi connectivity index (χ3n) is 6.44. The fourth-order valence-electron chi connectivity index (χ4n) is 4.49. The lowest BCUT2D eigenvalue weighted by Crippen LogP contribution is -2.62. The molecule has 35 heavy (non-hydrogen) atoms. The second-order valence-corrected chi connectivity index (χ2v) is 8.77. The molecule has 3 unspecified atom stereocenters. The highest BCUT2D eigenvalue weighted by Crippen LogP contribution is 2.31. The van der Waals surface area contributed by atoms with E-state index in [1.54, 1.807) is 13.0 Å². The second kappa shape index (κ2) is 8.75. The number of hydrogen-bond acceptors (Lipinski definition) is 6. The summed E-state index contributed by atoms with van der Waals surface area (Å²) >= 11 is 0. The fourth-order valence-corrected chi connectivity index (χ4v) is 4.49. The molecule has 2 saturated heterocycles. The highest BCUT2D eigenvalue weighted by molar-refractivity contribution is 6.04. The summed E-state index contributed by atoms with van der Waals surface area (Å²) in [5.74, 6) is -2.79. The lowest BCUT2D eigenvalue weighted by Gasteiger charge is -2.38. The van der Waals surface area contributed by atoms with Crippen LogP contribution in [0.3, 0.4) is 0 Å². The Bertz CT molecular complexity index is 1330. The van der Waals surface area contributed by atoms with Crippen molar-refractivity contribution in [3.63, 3.8) is 0 Å². The van der Waals surface area contributed by atoms with Crippen molar-refractivity contribution in [2.45, 2.75) is 33.2 Å². The molecule has 2 fully saturated rings. The van der Waals surface area contributed by atoms with Gasteiger partial charge in [0.15, 0.2) is 6.29 Å². The van der Waals surface area contributed by atoms with E-state index in [4.69, 9.17) is 0 Å². The molecule has 0 radical (unpaired) electrons. The number of nitrogens with zero attached hydrogens (tertiary/aromatic N) is 3. The Hall–Kier alpha value is -3.83. The van der Waals surface area contributed by atoms with Gasteiger partial charge in [-0.05, 0) is 50.1 Å². The van der Waals surface area contributed by atoms with Crippen LogP contribution in [0.2, 0.25) is 0 Å². The molecule has 0 bridgehead atoms. The Balaban J connectivity index is 1.42. The maximum Gasteiger partial charge on any atom is 0.259 e. The van der Waals surface area contributed by atoms with E-state index in [0.717, 1.165) is 28.9 Å². The Kier molecular flexibility index (Phi) is 5.73. The van der Waals surface area contributed by atoms with E-state index in [9.17, 15) is 18.4 Å². The van der Waals surface area contributed by atoms with E-state index < -0.39 is 23.8 Å². The number of hydrazine groups is 1. The van der Waals surface area contributed by atoms with Crippen LogP contribution in [0.4, 0.5) is 20.3 Å². The molecule has 2 aliphatic rings. The number of aryl methyl sites for hydroxylation is 2. The molecule has 4 N–H and O–H groups in total. The smallest absolute Gasteiger partial charge is 0.259 e. The summed E-state index contributed by atoms with van der Waals surface area (Å²) in [6, 6.07) is 10.3. The molecule has 3 heterocycles. The molecule has 3 atom stereocenters. The van der Waals surface area contributed by atoms with Crippen LogP contribution >= 0.6 is 0 Å². The monoisotopic (exact) mass is 481 g/mol. The number of aromatic nitrogens is 2. The average molecular weight is 482 g/mol. The maximum atomic E-state index is 14.1. The normalized spacial score (nSPS) is 21.6. The van der Waals surface area contributed by atoms with E-state index >= 15 is 0 Å². The highest BCUT2D eigenvalue weighted by atomic mass is 19.1. The van der Waals surface area contributed by atoms with Crippen molar-refractivity contribution in [3.8, 4) is 0 Å². The van der Waals surface area contributed by atoms with Gasteiger partial charge in [-0.3, -0.25) is 19.9 Å². The van der Waals surface area contributed by atoms with E-state index in [0.29, 0.717) is 18.3 Å². The van der Waals surface area contributed by atoms with E-state index in [1.807, 2.05) is 37.1 Å². The predicted octanol–water partition coefficient (Wildman–Crippen LogP) is 2.48. The van der Waals surface area contributed by atoms with Crippen molar-refractivity contribution in [2.24, 2.45) is 5.92 Å². The van der Waals surface area contributed by atoms with Crippen molar-refractivity contribution in [1.29, 1.82) is 0 Å². The van der Waals surface area contributed by atoms with Crippen molar-refractivity contribution in [1.82, 2.24) is 25.8 Å². The summed E-state index contributed by atoms with van der Waals surface area (Å²) in [6.07, 6.45) is -1.16. The number of benzene rings is 2. The van der Waals surface area contributed by atoms with Gasteiger partial charge >= 0.3 is 0 Å². The molecular formula is C24H25F2N7O2. The molecule has 9 nitrogen and oxygen atoms in total. The van der Waals surface area contributed by atoms with Crippen LogP contribution in [0.25, 0.3) is 0 Å². The first-order chi connectivity index (χ1) is 16.7. The summed E-state index contributed by atoms with van der Waals surface area (Å²) in [4.78, 5) is 25.7. The number of rotatable bonds is 4. The lowest BCUT2D eigenvalue weighted by molar-refractivity contribution is -0.129. The Labute approximate surface area is 200 Å². The lowest BCUT2D eigenvalue weighted by atomic mass is 10.0. The zero-order chi connectivity index (χ0) is 24.9. The van der Waals surface area contributed by atoms with E-state index in [2.05, 4.69) is 26.5 Å². The second-order valence-electron chi connectivity index (χ2n) is 8.77. The summed E-state index contributed by atoms with van der Waals surface area (Å²) in [5, 5.41) is 15.3. The molecule has 182 valence electrons. The summed E-state index contributed by atoms with van der Waals surface area (Å²) in [6.45, 7) is 6.24. The Morgan fingerprint density at radius 2 is 1.94 bits per heavy atom. The van der Waals surface area contributed by atoms with Gasteiger partial charge in [0, 0.05) is 18.7 Å². The van der Waals surface area contributed by atoms with Gasteiger partial charge < -0.3 is 10.6 Å². The fraction of sp³-hybridized carbons (Fsp3) is 0.292. The standard InChI is InChI=1S/C24H25F2N7O2/c1-12-5-4-6-19(14(12)3)32-21-17(11-27-32)23(35)30-24(29-21)33-20(9-13(2)31-33)28-22(34)16-8-7-15(25)10-18(16)26/h4-10,17,21,24,27,29H,11H2,1-3H3,(H,28,34)(H,30,35). The Morgan fingerprint density at radius 1 is 1.14 bits per heavy atom. The highest BCUT2D eigenvalue weighted by Gasteiger charge is 2.45. The molecule has 0 saturated carbocycles. The van der Waals surface area contributed by atoms with Crippen LogP contribution < -0.4 is 26.4 Å². The molecule has 0 aliphatic carbocycles. The van der Waals surface area contributed by atoms with Crippen molar-refractivity contribution in [3.05, 3.63) is 76.5 Å². The third-order valence-corrected chi connectivity index (χ3v) is 6.44. The van der Waals surface area contributed by atoms with Gasteiger partial charge in [0.1, 0.15) is 23.6 Å². The molecule has 2 amide bonds. The first kappa shape index (κ1) is 22.9. The molecule has 2 aromatic carbocycles. The minimum absolute atomic E-state index is 0.172. The number of nitrogens with one attached hydrogen (secondary N) is 4. The van der Waals surface area contributed by atoms with Gasteiger partial charge in [-0.25, -0.2) is 18.9 Å². The van der Waals surface area contributed by atoms with Crippen LogP contribution in [-0.2, 0) is 4.79 Å². The van der Waals surface area contributed by atoms with Gasteiger partial charge in [0.2, 0.25) is 5.91 Å². The quantitative estimate of drug-likeness (QED) is 0.457. The minimum Gasteiger partial charge on any atom is -0.321 e. The summed E-state index contributed by atoms with van der Waals surface area (Å²) in [7, 11) is 0. The zero-order valence-electron chi connectivity index (χ0n) is 19.4. The largest absolute Gasteiger partial charge is 0.321 e. The molecule has 11 heteroatoms. The van der Waals surface area contributed by atoms with Gasteiger partial charge in [-0.1, -0.05) is 12.1 Å². The topological polar surface area (TPSA) is 103 Å². The number of carbonyl (C=O) groups is 2. The first-order valence-corrected chi connectivity index (χ1v) is 11.2. The van der Waals surface area contributed by atoms with E-state index in [-0.39, 0.29) is 29.4 Å². The number of halogens is 2. The third kappa shape index (κ3) is 4.13. The number of anilines is 2. The van der Waals surface area contributed by atoms with Gasteiger partial charge in [-0.2, -0.15) is 5.10 Å². The zero-order valence-corrected chi connectivity index (χ0v) is 19.4. The van der Waals surface area contributed by atoms with Gasteiger partial charge in [0.25, 0.3) is 5.91 Å². The average Bonchev–Trinajstić information content (AvgIpc) is 3.39. The van der Waals surface area contributed by atoms with Crippen LogP contribution in [0.15, 0.2) is 42.5 Å². The SMILES string of the molecule is Cc1cc(NC(=O)c2ccc(F)cc2F)n(C2NC(=O)C3CNN(c4cccc(C)c4C)C3N2)n1. The van der Waals surface area contributed by atoms with Crippen LogP contribution in [-0.4, -0.2) is 34.3 Å². The molecule has 1 aromatic heterocycles. The predicted molar refractivity (Wildman–Crippen MR) is 125 cm³/mol. The molecule has 5 rings (SSSR count). The van der Waals surface area contributed by atoms with Crippen molar-refractivity contribution >= 4 is 23.3 Å². The molecule has 2 aliphatic heterocycles. The first-order valence-electron chi connectivity index (χ1n) is 11.2. The molecule has 0 spiro atoms. The summed E-state index contributed by atoms with van der Waals surface area (Å²) < 4.78 is 28.8. The van der Waals surface area contributed by atoms with E-state index in [1.165, 1.54) is 4.68 Å².